The van der Waals surface area contributed by atoms with E-state index < -0.39 is 0 Å². The lowest BCUT2D eigenvalue weighted by Gasteiger charge is -2.32. The van der Waals surface area contributed by atoms with Crippen LogP contribution in [-0.4, -0.2) is 69.5 Å². The fraction of sp³-hybridized carbons (Fsp3) is 0.318. The van der Waals surface area contributed by atoms with E-state index in [4.69, 9.17) is 0 Å². The van der Waals surface area contributed by atoms with E-state index in [0.29, 0.717) is 23.3 Å². The molecule has 2 aromatic carbocycles. The van der Waals surface area contributed by atoms with Crippen molar-refractivity contribution < 1.29 is 9.18 Å². The van der Waals surface area contributed by atoms with Crippen LogP contribution in [0, 0.1) is 5.82 Å². The summed E-state index contributed by atoms with van der Waals surface area (Å²) < 4.78 is 15.4. The maximum absolute atomic E-state index is 13.4. The first-order valence-electron chi connectivity index (χ1n) is 9.92. The second-order valence-corrected chi connectivity index (χ2v) is 8.30. The SMILES string of the molecule is CN1CCN(C(=O)CSc2nnc(-c3ccc(F)cc3)n2Cc2ccccc2)CC1. The van der Waals surface area contributed by atoms with Crippen LogP contribution in [0.1, 0.15) is 5.56 Å². The zero-order valence-corrected chi connectivity index (χ0v) is 17.7. The second-order valence-electron chi connectivity index (χ2n) is 7.36. The number of thioether (sulfide) groups is 1. The smallest absolute Gasteiger partial charge is 0.233 e. The first kappa shape index (κ1) is 20.6. The van der Waals surface area contributed by atoms with Crippen molar-refractivity contribution in [2.75, 3.05) is 39.0 Å². The summed E-state index contributed by atoms with van der Waals surface area (Å²) in [5.74, 6) is 0.805. The predicted octanol–water partition coefficient (Wildman–Crippen LogP) is 3.00. The van der Waals surface area contributed by atoms with Gasteiger partial charge >= 0.3 is 0 Å². The third-order valence-electron chi connectivity index (χ3n) is 5.18. The summed E-state index contributed by atoms with van der Waals surface area (Å²) >= 11 is 1.40. The van der Waals surface area contributed by atoms with Crippen molar-refractivity contribution in [1.82, 2.24) is 24.6 Å². The summed E-state index contributed by atoms with van der Waals surface area (Å²) in [6, 6.07) is 16.3. The molecular formula is C22H24FN5OS. The molecule has 0 bridgehead atoms. The maximum atomic E-state index is 13.4. The van der Waals surface area contributed by atoms with Crippen molar-refractivity contribution in [3.63, 3.8) is 0 Å². The highest BCUT2D eigenvalue weighted by Crippen LogP contribution is 2.26. The molecule has 0 aliphatic carbocycles. The highest BCUT2D eigenvalue weighted by molar-refractivity contribution is 7.99. The Balaban J connectivity index is 1.54. The highest BCUT2D eigenvalue weighted by Gasteiger charge is 2.21. The van der Waals surface area contributed by atoms with Gasteiger partial charge in [0, 0.05) is 31.7 Å². The number of carbonyl (C=O) groups is 1. The number of carbonyl (C=O) groups excluding carboxylic acids is 1. The molecule has 156 valence electrons. The summed E-state index contributed by atoms with van der Waals surface area (Å²) in [6.45, 7) is 3.89. The van der Waals surface area contributed by atoms with Crippen LogP contribution in [0.3, 0.4) is 0 Å². The molecule has 1 saturated heterocycles. The van der Waals surface area contributed by atoms with Gasteiger partial charge in [-0.2, -0.15) is 0 Å². The predicted molar refractivity (Wildman–Crippen MR) is 116 cm³/mol. The molecule has 0 N–H and O–H groups in total. The van der Waals surface area contributed by atoms with Crippen LogP contribution < -0.4 is 0 Å². The number of hydrogen-bond acceptors (Lipinski definition) is 5. The Labute approximate surface area is 179 Å². The van der Waals surface area contributed by atoms with Gasteiger partial charge in [-0.3, -0.25) is 9.36 Å². The molecule has 0 spiro atoms. The van der Waals surface area contributed by atoms with Crippen molar-refractivity contribution in [2.24, 2.45) is 0 Å². The minimum Gasteiger partial charge on any atom is -0.339 e. The number of hydrogen-bond donors (Lipinski definition) is 0. The monoisotopic (exact) mass is 425 g/mol. The summed E-state index contributed by atoms with van der Waals surface area (Å²) in [5.41, 5.74) is 1.89. The van der Waals surface area contributed by atoms with Crippen LogP contribution in [-0.2, 0) is 11.3 Å². The Hall–Kier alpha value is -2.71. The van der Waals surface area contributed by atoms with Crippen molar-refractivity contribution in [1.29, 1.82) is 0 Å². The van der Waals surface area contributed by atoms with Crippen LogP contribution >= 0.6 is 11.8 Å². The van der Waals surface area contributed by atoms with Crippen molar-refractivity contribution >= 4 is 17.7 Å². The Bertz CT molecular complexity index is 985. The molecule has 1 aliphatic rings. The molecule has 0 radical (unpaired) electrons. The first-order valence-corrected chi connectivity index (χ1v) is 10.9. The molecule has 6 nitrogen and oxygen atoms in total. The normalized spacial score (nSPS) is 14.8. The zero-order chi connectivity index (χ0) is 20.9. The quantitative estimate of drug-likeness (QED) is 0.569. The Morgan fingerprint density at radius 3 is 2.40 bits per heavy atom. The number of piperazine rings is 1. The Kier molecular flexibility index (Phi) is 6.44. The number of halogens is 1. The van der Waals surface area contributed by atoms with E-state index in [-0.39, 0.29) is 11.7 Å². The van der Waals surface area contributed by atoms with Crippen molar-refractivity contribution in [3.05, 3.63) is 66.0 Å². The van der Waals surface area contributed by atoms with E-state index >= 15 is 0 Å². The molecule has 1 amide bonds. The van der Waals surface area contributed by atoms with E-state index in [9.17, 15) is 9.18 Å². The molecule has 1 aliphatic heterocycles. The number of benzene rings is 2. The van der Waals surface area contributed by atoms with Crippen LogP contribution in [0.25, 0.3) is 11.4 Å². The summed E-state index contributed by atoms with van der Waals surface area (Å²) in [4.78, 5) is 16.8. The van der Waals surface area contributed by atoms with Gasteiger partial charge in [-0.1, -0.05) is 42.1 Å². The molecule has 1 fully saturated rings. The van der Waals surface area contributed by atoms with Gasteiger partial charge in [0.1, 0.15) is 5.82 Å². The Morgan fingerprint density at radius 2 is 1.70 bits per heavy atom. The molecule has 0 atom stereocenters. The van der Waals surface area contributed by atoms with Crippen LogP contribution in [0.2, 0.25) is 0 Å². The average Bonchev–Trinajstić information content (AvgIpc) is 3.16. The lowest BCUT2D eigenvalue weighted by atomic mass is 10.2. The number of amides is 1. The largest absolute Gasteiger partial charge is 0.339 e. The standard InChI is InChI=1S/C22H24FN5OS/c1-26-11-13-27(14-12-26)20(29)16-30-22-25-24-21(18-7-9-19(23)10-8-18)28(22)15-17-5-3-2-4-6-17/h2-10H,11-16H2,1H3. The number of likely N-dealkylation sites (N-methyl/N-ethyl adjacent to an activating group) is 1. The molecular weight excluding hydrogens is 401 g/mol. The van der Waals surface area contributed by atoms with Gasteiger partial charge in [0.15, 0.2) is 11.0 Å². The van der Waals surface area contributed by atoms with Gasteiger partial charge in [0.25, 0.3) is 0 Å². The van der Waals surface area contributed by atoms with Crippen LogP contribution in [0.15, 0.2) is 59.8 Å². The van der Waals surface area contributed by atoms with Gasteiger partial charge in [0.2, 0.25) is 5.91 Å². The number of aromatic nitrogens is 3. The summed E-state index contributed by atoms with van der Waals surface area (Å²) in [6.07, 6.45) is 0. The molecule has 4 rings (SSSR count). The maximum Gasteiger partial charge on any atom is 0.233 e. The van der Waals surface area contributed by atoms with E-state index in [1.807, 2.05) is 39.8 Å². The van der Waals surface area contributed by atoms with E-state index in [2.05, 4.69) is 22.1 Å². The van der Waals surface area contributed by atoms with Crippen molar-refractivity contribution in [2.45, 2.75) is 11.7 Å². The Morgan fingerprint density at radius 1 is 1.00 bits per heavy atom. The van der Waals surface area contributed by atoms with Crippen LogP contribution in [0.4, 0.5) is 4.39 Å². The van der Waals surface area contributed by atoms with Crippen LogP contribution in [0.5, 0.6) is 0 Å². The van der Waals surface area contributed by atoms with Gasteiger partial charge in [-0.15, -0.1) is 10.2 Å². The average molecular weight is 426 g/mol. The highest BCUT2D eigenvalue weighted by atomic mass is 32.2. The van der Waals surface area contributed by atoms with Gasteiger partial charge in [-0.25, -0.2) is 4.39 Å². The molecule has 0 unspecified atom stereocenters. The minimum absolute atomic E-state index is 0.116. The van der Waals surface area contributed by atoms with E-state index in [1.54, 1.807) is 12.1 Å². The van der Waals surface area contributed by atoms with E-state index in [1.165, 1.54) is 23.9 Å². The molecule has 30 heavy (non-hydrogen) atoms. The number of nitrogens with zero attached hydrogens (tertiary/aromatic N) is 5. The second kappa shape index (κ2) is 9.40. The summed E-state index contributed by atoms with van der Waals surface area (Å²) in [7, 11) is 2.07. The molecule has 0 saturated carbocycles. The van der Waals surface area contributed by atoms with Gasteiger partial charge in [-0.05, 0) is 36.9 Å². The minimum atomic E-state index is -0.291. The third-order valence-corrected chi connectivity index (χ3v) is 6.14. The molecule has 1 aromatic heterocycles. The van der Waals surface area contributed by atoms with E-state index in [0.717, 1.165) is 37.3 Å². The van der Waals surface area contributed by atoms with Crippen molar-refractivity contribution in [3.8, 4) is 11.4 Å². The molecule has 3 aromatic rings. The number of rotatable bonds is 6. The fourth-order valence-corrected chi connectivity index (χ4v) is 4.23. The molecule has 2 heterocycles. The molecule has 8 heteroatoms. The third kappa shape index (κ3) is 4.88. The zero-order valence-electron chi connectivity index (χ0n) is 16.9. The van der Waals surface area contributed by atoms with Gasteiger partial charge in [0.05, 0.1) is 12.3 Å². The van der Waals surface area contributed by atoms with Gasteiger partial charge < -0.3 is 9.80 Å². The fourth-order valence-electron chi connectivity index (χ4n) is 3.39. The lowest BCUT2D eigenvalue weighted by Crippen LogP contribution is -2.47. The summed E-state index contributed by atoms with van der Waals surface area (Å²) in [5, 5.41) is 9.38. The first-order chi connectivity index (χ1) is 14.6. The topological polar surface area (TPSA) is 54.3 Å². The lowest BCUT2D eigenvalue weighted by molar-refractivity contribution is -0.129.